The number of hydrogen-bond donors (Lipinski definition) is 0. The Hall–Kier alpha value is -2.21. The van der Waals surface area contributed by atoms with E-state index in [9.17, 15) is 9.59 Å². The van der Waals surface area contributed by atoms with E-state index in [2.05, 4.69) is 20.9 Å². The molecule has 0 unspecified atom stereocenters. The Kier molecular flexibility index (Phi) is 3.47. The first-order valence-electron chi connectivity index (χ1n) is 6.30. The van der Waals surface area contributed by atoms with Crippen LogP contribution in [0.25, 0.3) is 11.0 Å². The van der Waals surface area contributed by atoms with Crippen LogP contribution in [0.1, 0.15) is 16.4 Å². The molecule has 2 heterocycles. The quantitative estimate of drug-likeness (QED) is 0.684. The molecule has 2 aromatic heterocycles. The van der Waals surface area contributed by atoms with E-state index in [1.807, 2.05) is 18.2 Å². The predicted molar refractivity (Wildman–Crippen MR) is 81.5 cm³/mol. The van der Waals surface area contributed by atoms with Crippen LogP contribution in [0.15, 0.2) is 50.2 Å². The molecular weight excluding hydrogens is 336 g/mol. The molecule has 1 aromatic carbocycles. The number of fused-ring (bicyclic) bond motifs is 1. The maximum absolute atomic E-state index is 12.3. The molecule has 0 atom stereocenters. The lowest BCUT2D eigenvalue weighted by atomic mass is 10.2. The summed E-state index contributed by atoms with van der Waals surface area (Å²) in [6, 6.07) is 9.06. The van der Waals surface area contributed by atoms with Gasteiger partial charge in [0, 0.05) is 11.6 Å². The summed E-state index contributed by atoms with van der Waals surface area (Å²) in [5, 5.41) is 0.859. The number of halogens is 1. The number of benzene rings is 1. The Balaban J connectivity index is 1.97. The van der Waals surface area contributed by atoms with E-state index in [0.717, 1.165) is 5.39 Å². The average molecular weight is 347 g/mol. The van der Waals surface area contributed by atoms with Crippen molar-refractivity contribution in [2.24, 2.45) is 0 Å². The van der Waals surface area contributed by atoms with Gasteiger partial charge < -0.3 is 4.42 Å². The Bertz CT molecular complexity index is 862. The highest BCUT2D eigenvalue weighted by atomic mass is 79.9. The number of Topliss-reactive ketones (excluding diaryl/α,β-unsaturated/α-hetero) is 1. The van der Waals surface area contributed by atoms with Crippen molar-refractivity contribution in [3.05, 3.63) is 62.9 Å². The molecule has 3 rings (SSSR count). The Labute approximate surface area is 128 Å². The summed E-state index contributed by atoms with van der Waals surface area (Å²) >= 11 is 3.12. The molecule has 0 aliphatic carbocycles. The molecule has 0 aliphatic heterocycles. The second-order valence-corrected chi connectivity index (χ2v) is 5.47. The van der Waals surface area contributed by atoms with Crippen LogP contribution in [0.3, 0.4) is 0 Å². The van der Waals surface area contributed by atoms with Crippen LogP contribution in [0.4, 0.5) is 0 Å². The lowest BCUT2D eigenvalue weighted by molar-refractivity contribution is 0.0944. The summed E-state index contributed by atoms with van der Waals surface area (Å²) < 4.78 is 7.16. The minimum absolute atomic E-state index is 0.100. The largest absolute Gasteiger partial charge is 0.453 e. The molecule has 3 aromatic rings. The van der Waals surface area contributed by atoms with Gasteiger partial charge in [-0.3, -0.25) is 14.2 Å². The zero-order valence-corrected chi connectivity index (χ0v) is 12.8. The molecule has 6 heteroatoms. The molecule has 0 amide bonds. The number of rotatable bonds is 3. The van der Waals surface area contributed by atoms with Gasteiger partial charge in [-0.1, -0.05) is 18.2 Å². The average Bonchev–Trinajstić information content (AvgIpc) is 2.91. The van der Waals surface area contributed by atoms with Crippen molar-refractivity contribution in [3.63, 3.8) is 0 Å². The molecule has 0 saturated heterocycles. The van der Waals surface area contributed by atoms with Crippen molar-refractivity contribution >= 4 is 32.7 Å². The Morgan fingerprint density at radius 1 is 1.38 bits per heavy atom. The third-order valence-electron chi connectivity index (χ3n) is 3.21. The van der Waals surface area contributed by atoms with Crippen molar-refractivity contribution in [3.8, 4) is 0 Å². The number of aryl methyl sites for hydroxylation is 1. The van der Waals surface area contributed by atoms with Gasteiger partial charge in [-0.25, -0.2) is 4.98 Å². The molecule has 0 saturated carbocycles. The number of carbonyl (C=O) groups excluding carboxylic acids is 1. The van der Waals surface area contributed by atoms with Crippen LogP contribution < -0.4 is 5.56 Å². The standard InChI is InChI=1S/C15H11BrN2O3/c1-9-17-7-11(16)15(20)18(9)8-12(19)14-6-10-4-2-3-5-13(10)21-14/h2-7H,8H2,1H3. The molecule has 21 heavy (non-hydrogen) atoms. The minimum Gasteiger partial charge on any atom is -0.453 e. The Morgan fingerprint density at radius 2 is 2.14 bits per heavy atom. The first kappa shape index (κ1) is 13.8. The number of para-hydroxylation sites is 1. The van der Waals surface area contributed by atoms with Crippen LogP contribution in [-0.4, -0.2) is 15.3 Å². The van der Waals surface area contributed by atoms with Gasteiger partial charge >= 0.3 is 0 Å². The first-order valence-corrected chi connectivity index (χ1v) is 7.09. The van der Waals surface area contributed by atoms with Crippen LogP contribution in [0.5, 0.6) is 0 Å². The van der Waals surface area contributed by atoms with Crippen LogP contribution >= 0.6 is 15.9 Å². The summed E-state index contributed by atoms with van der Waals surface area (Å²) in [4.78, 5) is 28.4. The van der Waals surface area contributed by atoms with Crippen molar-refractivity contribution in [1.29, 1.82) is 0 Å². The van der Waals surface area contributed by atoms with Gasteiger partial charge in [0.2, 0.25) is 5.78 Å². The van der Waals surface area contributed by atoms with Crippen molar-refractivity contribution in [2.45, 2.75) is 13.5 Å². The Morgan fingerprint density at radius 3 is 2.90 bits per heavy atom. The fraction of sp³-hybridized carbons (Fsp3) is 0.133. The van der Waals surface area contributed by atoms with Crippen LogP contribution in [0.2, 0.25) is 0 Å². The number of hydrogen-bond acceptors (Lipinski definition) is 4. The van der Waals surface area contributed by atoms with Gasteiger partial charge in [-0.15, -0.1) is 0 Å². The van der Waals surface area contributed by atoms with Crippen molar-refractivity contribution < 1.29 is 9.21 Å². The molecule has 0 fully saturated rings. The molecule has 0 spiro atoms. The van der Waals surface area contributed by atoms with E-state index in [1.54, 1.807) is 19.1 Å². The predicted octanol–water partition coefficient (Wildman–Crippen LogP) is 2.94. The summed E-state index contributed by atoms with van der Waals surface area (Å²) in [5.41, 5.74) is 0.365. The highest BCUT2D eigenvalue weighted by Gasteiger charge is 2.15. The summed E-state index contributed by atoms with van der Waals surface area (Å²) in [6.45, 7) is 1.58. The third kappa shape index (κ3) is 2.54. The number of aromatic nitrogens is 2. The van der Waals surface area contributed by atoms with Crippen molar-refractivity contribution in [2.75, 3.05) is 0 Å². The number of furan rings is 1. The zero-order chi connectivity index (χ0) is 15.0. The summed E-state index contributed by atoms with van der Waals surface area (Å²) in [5.74, 6) is 0.450. The van der Waals surface area contributed by atoms with Gasteiger partial charge in [0.1, 0.15) is 15.9 Å². The maximum atomic E-state index is 12.3. The number of carbonyl (C=O) groups is 1. The second kappa shape index (κ2) is 5.29. The maximum Gasteiger partial charge on any atom is 0.268 e. The van der Waals surface area contributed by atoms with Gasteiger partial charge in [-0.05, 0) is 35.0 Å². The summed E-state index contributed by atoms with van der Waals surface area (Å²) in [6.07, 6.45) is 1.43. The highest BCUT2D eigenvalue weighted by Crippen LogP contribution is 2.19. The monoisotopic (exact) mass is 346 g/mol. The van der Waals surface area contributed by atoms with E-state index in [1.165, 1.54) is 10.8 Å². The SMILES string of the molecule is Cc1ncc(Br)c(=O)n1CC(=O)c1cc2ccccc2o1. The van der Waals surface area contributed by atoms with E-state index >= 15 is 0 Å². The van der Waals surface area contributed by atoms with Gasteiger partial charge in [0.25, 0.3) is 5.56 Å². The van der Waals surface area contributed by atoms with Crippen molar-refractivity contribution in [1.82, 2.24) is 9.55 Å². The molecular formula is C15H11BrN2O3. The van der Waals surface area contributed by atoms with Gasteiger partial charge in [-0.2, -0.15) is 0 Å². The molecule has 0 radical (unpaired) electrons. The highest BCUT2D eigenvalue weighted by molar-refractivity contribution is 9.10. The number of nitrogens with zero attached hydrogens (tertiary/aromatic N) is 2. The van der Waals surface area contributed by atoms with Gasteiger partial charge in [0.05, 0.1) is 6.54 Å². The lowest BCUT2D eigenvalue weighted by Crippen LogP contribution is -2.27. The van der Waals surface area contributed by atoms with E-state index in [0.29, 0.717) is 15.9 Å². The van der Waals surface area contributed by atoms with Gasteiger partial charge in [0.15, 0.2) is 5.76 Å². The molecule has 0 aliphatic rings. The second-order valence-electron chi connectivity index (χ2n) is 4.62. The zero-order valence-electron chi connectivity index (χ0n) is 11.2. The molecule has 5 nitrogen and oxygen atoms in total. The fourth-order valence-electron chi connectivity index (χ4n) is 2.08. The molecule has 0 N–H and O–H groups in total. The van der Waals surface area contributed by atoms with E-state index < -0.39 is 0 Å². The third-order valence-corrected chi connectivity index (χ3v) is 3.75. The normalized spacial score (nSPS) is 11.0. The summed E-state index contributed by atoms with van der Waals surface area (Å²) in [7, 11) is 0. The van der Waals surface area contributed by atoms with Crippen LogP contribution in [-0.2, 0) is 6.54 Å². The van der Waals surface area contributed by atoms with E-state index in [4.69, 9.17) is 4.42 Å². The minimum atomic E-state index is -0.285. The topological polar surface area (TPSA) is 65.1 Å². The number of ketones is 1. The van der Waals surface area contributed by atoms with Crippen LogP contribution in [0, 0.1) is 6.92 Å². The molecule has 0 bridgehead atoms. The molecule has 106 valence electrons. The van der Waals surface area contributed by atoms with E-state index in [-0.39, 0.29) is 23.6 Å². The fourth-order valence-corrected chi connectivity index (χ4v) is 2.39. The first-order chi connectivity index (χ1) is 10.1. The smallest absolute Gasteiger partial charge is 0.268 e. The lowest BCUT2D eigenvalue weighted by Gasteiger charge is -2.07.